The Kier molecular flexibility index (Phi) is 7.03. The topological polar surface area (TPSA) is 105 Å². The molecule has 3 aromatic rings. The van der Waals surface area contributed by atoms with Gasteiger partial charge in [0.1, 0.15) is 23.6 Å². The molecule has 4 atom stereocenters. The highest BCUT2D eigenvalue weighted by molar-refractivity contribution is 6.31. The minimum atomic E-state index is -1.44. The third kappa shape index (κ3) is 4.61. The summed E-state index contributed by atoms with van der Waals surface area (Å²) in [5.41, 5.74) is 1.24. The van der Waals surface area contributed by atoms with E-state index in [1.54, 1.807) is 49.4 Å². The van der Waals surface area contributed by atoms with E-state index >= 15 is 0 Å². The number of aliphatic carboxylic acids is 1. The van der Waals surface area contributed by atoms with Crippen LogP contribution in [-0.2, 0) is 19.8 Å². The lowest BCUT2D eigenvalue weighted by atomic mass is 9.59. The summed E-state index contributed by atoms with van der Waals surface area (Å²) < 4.78 is 20.5. The average Bonchev–Trinajstić information content (AvgIpc) is 3.16. The molecule has 1 saturated heterocycles. The van der Waals surface area contributed by atoms with Crippen molar-refractivity contribution >= 4 is 46.7 Å². The molecule has 3 aromatic carbocycles. The van der Waals surface area contributed by atoms with Crippen molar-refractivity contribution in [2.24, 2.45) is 5.92 Å². The molecular weight excluding hydrogens is 546 g/mol. The van der Waals surface area contributed by atoms with Crippen LogP contribution in [-0.4, -0.2) is 29.5 Å². The molecule has 0 bridgehead atoms. The number of carboxylic acid groups (broad SMARTS) is 1. The van der Waals surface area contributed by atoms with Crippen LogP contribution in [0.15, 0.2) is 54.6 Å². The Hall–Kier alpha value is -3.62. The molecule has 3 N–H and O–H groups in total. The molecule has 2 aliphatic heterocycles. The normalized spacial score (nSPS) is 22.7. The van der Waals surface area contributed by atoms with Gasteiger partial charge in [0.15, 0.2) is 0 Å². The molecule has 2 amide bonds. The van der Waals surface area contributed by atoms with E-state index in [-0.39, 0.29) is 18.9 Å². The Morgan fingerprint density at radius 1 is 1.10 bits per heavy atom. The molecule has 2 heterocycles. The van der Waals surface area contributed by atoms with Gasteiger partial charge in [0.2, 0.25) is 11.8 Å². The number of carboxylic acids is 1. The fraction of sp³-hybridized carbons (Fsp3) is 0.276. The summed E-state index contributed by atoms with van der Waals surface area (Å²) in [6.07, 6.45) is -0.106. The van der Waals surface area contributed by atoms with Gasteiger partial charge in [-0.05, 0) is 73.0 Å². The zero-order valence-corrected chi connectivity index (χ0v) is 22.6. The maximum absolute atomic E-state index is 14.6. The summed E-state index contributed by atoms with van der Waals surface area (Å²) in [6.45, 7) is 3.16. The average molecular weight is 571 g/mol. The van der Waals surface area contributed by atoms with Crippen molar-refractivity contribution < 1.29 is 28.6 Å². The van der Waals surface area contributed by atoms with Gasteiger partial charge >= 0.3 is 5.97 Å². The number of rotatable bonds is 6. The zero-order chi connectivity index (χ0) is 28.1. The SMILES string of the molecule is Cc1ccc(F)cc1C1NC(=O)CC(c2cc(Cl)ccc2OCC(C)C(=O)O)C12C(=O)Nc1cc(Cl)ccc12. The summed E-state index contributed by atoms with van der Waals surface area (Å²) in [5, 5.41) is 16.0. The molecule has 1 fully saturated rings. The minimum Gasteiger partial charge on any atom is -0.492 e. The third-order valence-corrected chi connectivity index (χ3v) is 8.03. The predicted molar refractivity (Wildman–Crippen MR) is 145 cm³/mol. The van der Waals surface area contributed by atoms with E-state index < -0.39 is 41.0 Å². The molecule has 202 valence electrons. The summed E-state index contributed by atoms with van der Waals surface area (Å²) in [5.74, 6) is -3.60. The molecule has 0 saturated carbocycles. The van der Waals surface area contributed by atoms with E-state index in [9.17, 15) is 23.9 Å². The molecule has 0 aromatic heterocycles. The summed E-state index contributed by atoms with van der Waals surface area (Å²) in [7, 11) is 0. The largest absolute Gasteiger partial charge is 0.492 e. The van der Waals surface area contributed by atoms with Gasteiger partial charge in [0.25, 0.3) is 0 Å². The van der Waals surface area contributed by atoms with E-state index in [2.05, 4.69) is 10.6 Å². The van der Waals surface area contributed by atoms with Crippen molar-refractivity contribution in [3.63, 3.8) is 0 Å². The Balaban J connectivity index is 1.77. The standard InChI is InChI=1S/C29H25Cl2FN2O5/c1-14-3-6-18(32)11-19(14)26-29(21-7-4-17(31)10-23(21)33-28(29)38)22(12-25(35)34-26)20-9-16(30)5-8-24(20)39-13-15(2)27(36)37/h3-11,15,22,26H,12-13H2,1-2H3,(H,33,38)(H,34,35)(H,36,37). The maximum Gasteiger partial charge on any atom is 0.309 e. The van der Waals surface area contributed by atoms with Crippen LogP contribution in [0.1, 0.15) is 47.6 Å². The van der Waals surface area contributed by atoms with Gasteiger partial charge < -0.3 is 20.5 Å². The monoisotopic (exact) mass is 570 g/mol. The number of amides is 2. The van der Waals surface area contributed by atoms with E-state index in [0.717, 1.165) is 0 Å². The first-order valence-corrected chi connectivity index (χ1v) is 13.1. The highest BCUT2D eigenvalue weighted by Crippen LogP contribution is 2.59. The lowest BCUT2D eigenvalue weighted by molar-refractivity contribution is -0.142. The number of piperidine rings is 1. The number of fused-ring (bicyclic) bond motifs is 2. The molecule has 1 spiro atoms. The molecule has 2 aliphatic rings. The first-order valence-electron chi connectivity index (χ1n) is 12.3. The van der Waals surface area contributed by atoms with Crippen molar-refractivity contribution in [3.05, 3.63) is 92.7 Å². The van der Waals surface area contributed by atoms with Gasteiger partial charge in [-0.2, -0.15) is 0 Å². The van der Waals surface area contributed by atoms with Crippen LogP contribution in [0.5, 0.6) is 5.75 Å². The van der Waals surface area contributed by atoms with Gasteiger partial charge in [-0.25, -0.2) is 4.39 Å². The number of anilines is 1. The number of carbonyl (C=O) groups excluding carboxylic acids is 2. The van der Waals surface area contributed by atoms with Gasteiger partial charge in [0, 0.05) is 33.6 Å². The number of hydrogen-bond donors (Lipinski definition) is 3. The van der Waals surface area contributed by atoms with Crippen molar-refractivity contribution in [2.75, 3.05) is 11.9 Å². The molecule has 10 heteroatoms. The predicted octanol–water partition coefficient (Wildman–Crippen LogP) is 5.78. The highest BCUT2D eigenvalue weighted by Gasteiger charge is 2.61. The van der Waals surface area contributed by atoms with Crippen LogP contribution < -0.4 is 15.4 Å². The van der Waals surface area contributed by atoms with Crippen LogP contribution in [0.4, 0.5) is 10.1 Å². The molecule has 39 heavy (non-hydrogen) atoms. The minimum absolute atomic E-state index is 0.106. The van der Waals surface area contributed by atoms with Crippen molar-refractivity contribution in [1.29, 1.82) is 0 Å². The van der Waals surface area contributed by atoms with Gasteiger partial charge in [-0.1, -0.05) is 35.3 Å². The van der Waals surface area contributed by atoms with Crippen LogP contribution in [0.2, 0.25) is 10.0 Å². The van der Waals surface area contributed by atoms with Gasteiger partial charge in [-0.3, -0.25) is 14.4 Å². The highest BCUT2D eigenvalue weighted by atomic mass is 35.5. The fourth-order valence-corrected chi connectivity index (χ4v) is 6.00. The Morgan fingerprint density at radius 3 is 2.56 bits per heavy atom. The summed E-state index contributed by atoms with van der Waals surface area (Å²) >= 11 is 12.7. The van der Waals surface area contributed by atoms with Crippen molar-refractivity contribution in [3.8, 4) is 5.75 Å². The second-order valence-corrected chi connectivity index (χ2v) is 10.9. The van der Waals surface area contributed by atoms with E-state index in [1.165, 1.54) is 19.1 Å². The van der Waals surface area contributed by atoms with Gasteiger partial charge in [-0.15, -0.1) is 0 Å². The summed E-state index contributed by atoms with van der Waals surface area (Å²) in [4.78, 5) is 38.9. The molecule has 0 aliphatic carbocycles. The number of aryl methyl sites for hydroxylation is 1. The van der Waals surface area contributed by atoms with Crippen molar-refractivity contribution in [2.45, 2.75) is 37.6 Å². The third-order valence-electron chi connectivity index (χ3n) is 7.56. The number of carbonyl (C=O) groups is 3. The second kappa shape index (κ2) is 10.2. The quantitative estimate of drug-likeness (QED) is 0.348. The first kappa shape index (κ1) is 27.0. The first-order chi connectivity index (χ1) is 18.5. The van der Waals surface area contributed by atoms with Gasteiger partial charge in [0.05, 0.1) is 12.0 Å². The van der Waals surface area contributed by atoms with Crippen LogP contribution in [0, 0.1) is 18.7 Å². The molecule has 0 radical (unpaired) electrons. The number of ether oxygens (including phenoxy) is 1. The molecular formula is C29H25Cl2FN2O5. The number of benzene rings is 3. The smallest absolute Gasteiger partial charge is 0.309 e. The molecule has 7 nitrogen and oxygen atoms in total. The lowest BCUT2D eigenvalue weighted by Gasteiger charge is -2.47. The Bertz CT molecular complexity index is 1510. The number of nitrogens with one attached hydrogen (secondary N) is 2. The maximum atomic E-state index is 14.6. The zero-order valence-electron chi connectivity index (χ0n) is 21.1. The van der Waals surface area contributed by atoms with Crippen LogP contribution >= 0.6 is 23.2 Å². The molecule has 4 unspecified atom stereocenters. The fourth-order valence-electron chi connectivity index (χ4n) is 5.65. The van der Waals surface area contributed by atoms with E-state index in [4.69, 9.17) is 27.9 Å². The van der Waals surface area contributed by atoms with E-state index in [0.29, 0.717) is 43.7 Å². The van der Waals surface area contributed by atoms with Crippen LogP contribution in [0.25, 0.3) is 0 Å². The van der Waals surface area contributed by atoms with E-state index in [1.807, 2.05) is 0 Å². The van der Waals surface area contributed by atoms with Crippen LogP contribution in [0.3, 0.4) is 0 Å². The molecule has 5 rings (SSSR count). The summed E-state index contributed by atoms with van der Waals surface area (Å²) in [6, 6.07) is 13.2. The number of hydrogen-bond acceptors (Lipinski definition) is 4. The van der Waals surface area contributed by atoms with Crippen molar-refractivity contribution in [1.82, 2.24) is 5.32 Å². The lowest BCUT2D eigenvalue weighted by Crippen LogP contribution is -2.57. The number of halogens is 3. The Morgan fingerprint density at radius 2 is 1.82 bits per heavy atom. The Labute approximate surface area is 234 Å². The second-order valence-electron chi connectivity index (χ2n) is 10.0.